The average Bonchev–Trinajstić information content (AvgIpc) is 2.93. The fraction of sp³-hybridized carbons (Fsp3) is 0.250. The van der Waals surface area contributed by atoms with Crippen molar-refractivity contribution < 1.29 is 13.9 Å². The molecule has 0 aliphatic heterocycles. The van der Waals surface area contributed by atoms with Crippen LogP contribution >= 0.6 is 0 Å². The van der Waals surface area contributed by atoms with Crippen molar-refractivity contribution in [3.63, 3.8) is 0 Å². The Morgan fingerprint density at radius 2 is 2.00 bits per heavy atom. The van der Waals surface area contributed by atoms with Crippen LogP contribution in [0.5, 0.6) is 5.75 Å². The van der Waals surface area contributed by atoms with Gasteiger partial charge in [-0.3, -0.25) is 4.79 Å². The van der Waals surface area contributed by atoms with Gasteiger partial charge in [-0.1, -0.05) is 25.1 Å². The maximum atomic E-state index is 12.7. The lowest BCUT2D eigenvalue weighted by Crippen LogP contribution is -2.14. The van der Waals surface area contributed by atoms with Crippen molar-refractivity contribution in [2.24, 2.45) is 0 Å². The quantitative estimate of drug-likeness (QED) is 0.745. The minimum Gasteiger partial charge on any atom is -0.497 e. The smallest absolute Gasteiger partial charge is 0.291 e. The van der Waals surface area contributed by atoms with E-state index in [4.69, 9.17) is 9.15 Å². The molecule has 24 heavy (non-hydrogen) atoms. The van der Waals surface area contributed by atoms with E-state index in [2.05, 4.69) is 12.2 Å². The van der Waals surface area contributed by atoms with E-state index in [0.29, 0.717) is 11.3 Å². The van der Waals surface area contributed by atoms with Crippen molar-refractivity contribution in [1.29, 1.82) is 0 Å². The van der Waals surface area contributed by atoms with Gasteiger partial charge in [-0.05, 0) is 49.6 Å². The molecule has 0 bridgehead atoms. The minimum atomic E-state index is -0.230. The van der Waals surface area contributed by atoms with Crippen molar-refractivity contribution >= 4 is 22.6 Å². The standard InChI is InChI=1S/C20H21NO3/c1-5-14-8-6-7-12(2)18(14)21-20(22)19-13(3)16-11-15(23-4)9-10-17(16)24-19/h6-11H,5H2,1-4H3,(H,21,22). The number of methoxy groups -OCH3 is 1. The number of benzene rings is 2. The van der Waals surface area contributed by atoms with Crippen molar-refractivity contribution in [3.05, 3.63) is 58.8 Å². The van der Waals surface area contributed by atoms with Crippen LogP contribution in [-0.4, -0.2) is 13.0 Å². The predicted molar refractivity (Wildman–Crippen MR) is 96.0 cm³/mol. The topological polar surface area (TPSA) is 51.5 Å². The van der Waals surface area contributed by atoms with Gasteiger partial charge in [0, 0.05) is 16.6 Å². The molecule has 1 amide bonds. The number of fused-ring (bicyclic) bond motifs is 1. The lowest BCUT2D eigenvalue weighted by Gasteiger charge is -2.12. The fourth-order valence-corrected chi connectivity index (χ4v) is 2.92. The Labute approximate surface area is 141 Å². The van der Waals surface area contributed by atoms with Crippen LogP contribution in [0.4, 0.5) is 5.69 Å². The molecular weight excluding hydrogens is 302 g/mol. The van der Waals surface area contributed by atoms with Gasteiger partial charge in [-0.15, -0.1) is 0 Å². The Bertz CT molecular complexity index is 909. The molecule has 4 heteroatoms. The molecule has 3 rings (SSSR count). The van der Waals surface area contributed by atoms with Gasteiger partial charge in [0.1, 0.15) is 11.3 Å². The third-order valence-electron chi connectivity index (χ3n) is 4.33. The van der Waals surface area contributed by atoms with E-state index in [1.54, 1.807) is 7.11 Å². The number of furan rings is 1. The van der Waals surface area contributed by atoms with Crippen LogP contribution in [0.2, 0.25) is 0 Å². The van der Waals surface area contributed by atoms with Gasteiger partial charge in [0.2, 0.25) is 0 Å². The summed E-state index contributed by atoms with van der Waals surface area (Å²) in [5.74, 6) is 0.848. The first-order valence-electron chi connectivity index (χ1n) is 8.02. The normalized spacial score (nSPS) is 10.8. The summed E-state index contributed by atoms with van der Waals surface area (Å²) in [5.41, 5.74) is 4.51. The minimum absolute atomic E-state index is 0.230. The van der Waals surface area contributed by atoms with Gasteiger partial charge in [0.15, 0.2) is 5.76 Å². The summed E-state index contributed by atoms with van der Waals surface area (Å²) in [6, 6.07) is 11.6. The Morgan fingerprint density at radius 3 is 2.71 bits per heavy atom. The highest BCUT2D eigenvalue weighted by Crippen LogP contribution is 2.30. The number of carbonyl (C=O) groups excluding carboxylic acids is 1. The van der Waals surface area contributed by atoms with Crippen molar-refractivity contribution in [3.8, 4) is 5.75 Å². The average molecular weight is 323 g/mol. The summed E-state index contributed by atoms with van der Waals surface area (Å²) in [5, 5.41) is 3.90. The Morgan fingerprint density at radius 1 is 1.21 bits per heavy atom. The van der Waals surface area contributed by atoms with E-state index in [-0.39, 0.29) is 5.91 Å². The van der Waals surface area contributed by atoms with Crippen LogP contribution in [0.1, 0.15) is 34.2 Å². The molecule has 0 atom stereocenters. The van der Waals surface area contributed by atoms with Crippen LogP contribution in [0, 0.1) is 13.8 Å². The van der Waals surface area contributed by atoms with E-state index < -0.39 is 0 Å². The van der Waals surface area contributed by atoms with Gasteiger partial charge < -0.3 is 14.5 Å². The molecule has 1 heterocycles. The predicted octanol–water partition coefficient (Wildman–Crippen LogP) is 4.87. The summed E-state index contributed by atoms with van der Waals surface area (Å²) in [6.45, 7) is 5.95. The zero-order valence-electron chi connectivity index (χ0n) is 14.4. The zero-order valence-corrected chi connectivity index (χ0v) is 14.4. The number of amides is 1. The van der Waals surface area contributed by atoms with E-state index in [0.717, 1.165) is 39.9 Å². The summed E-state index contributed by atoms with van der Waals surface area (Å²) < 4.78 is 11.0. The first kappa shape index (κ1) is 16.1. The molecular formula is C20H21NO3. The maximum Gasteiger partial charge on any atom is 0.291 e. The second kappa shape index (κ2) is 6.40. The third-order valence-corrected chi connectivity index (χ3v) is 4.33. The molecule has 2 aromatic carbocycles. The molecule has 0 spiro atoms. The van der Waals surface area contributed by atoms with Gasteiger partial charge in [-0.25, -0.2) is 0 Å². The molecule has 3 aromatic rings. The SMILES string of the molecule is CCc1cccc(C)c1NC(=O)c1oc2ccc(OC)cc2c1C. The molecule has 0 fully saturated rings. The number of para-hydroxylation sites is 1. The van der Waals surface area contributed by atoms with Gasteiger partial charge in [0.25, 0.3) is 5.91 Å². The molecule has 4 nitrogen and oxygen atoms in total. The Kier molecular flexibility index (Phi) is 4.30. The molecule has 0 saturated heterocycles. The third kappa shape index (κ3) is 2.75. The second-order valence-electron chi connectivity index (χ2n) is 5.83. The summed E-state index contributed by atoms with van der Waals surface area (Å²) in [7, 11) is 1.62. The highest BCUT2D eigenvalue weighted by atomic mass is 16.5. The number of rotatable bonds is 4. The number of aryl methyl sites for hydroxylation is 3. The molecule has 124 valence electrons. The number of hydrogen-bond acceptors (Lipinski definition) is 3. The molecule has 1 N–H and O–H groups in total. The van der Waals surface area contributed by atoms with Crippen molar-refractivity contribution in [2.45, 2.75) is 27.2 Å². The highest BCUT2D eigenvalue weighted by Gasteiger charge is 2.19. The van der Waals surface area contributed by atoms with Crippen LogP contribution < -0.4 is 10.1 Å². The van der Waals surface area contributed by atoms with Crippen molar-refractivity contribution in [1.82, 2.24) is 0 Å². The first-order chi connectivity index (χ1) is 11.5. The first-order valence-corrected chi connectivity index (χ1v) is 8.02. The van der Waals surface area contributed by atoms with Crippen molar-refractivity contribution in [2.75, 3.05) is 12.4 Å². The molecule has 0 unspecified atom stereocenters. The number of carbonyl (C=O) groups is 1. The van der Waals surface area contributed by atoms with Crippen LogP contribution in [-0.2, 0) is 6.42 Å². The van der Waals surface area contributed by atoms with Gasteiger partial charge in [-0.2, -0.15) is 0 Å². The summed E-state index contributed by atoms with van der Waals surface area (Å²) in [6.07, 6.45) is 0.855. The number of anilines is 1. The van der Waals surface area contributed by atoms with Crippen LogP contribution in [0.3, 0.4) is 0 Å². The number of hydrogen-bond donors (Lipinski definition) is 1. The van der Waals surface area contributed by atoms with E-state index in [1.165, 1.54) is 0 Å². The maximum absolute atomic E-state index is 12.7. The van der Waals surface area contributed by atoms with E-state index in [1.807, 2.05) is 50.2 Å². The van der Waals surface area contributed by atoms with Crippen LogP contribution in [0.25, 0.3) is 11.0 Å². The molecule has 0 saturated carbocycles. The Balaban J connectivity index is 1.99. The lowest BCUT2D eigenvalue weighted by molar-refractivity contribution is 0.0997. The monoisotopic (exact) mass is 323 g/mol. The molecule has 1 aromatic heterocycles. The molecule has 0 aliphatic carbocycles. The summed E-state index contributed by atoms with van der Waals surface area (Å²) >= 11 is 0. The second-order valence-corrected chi connectivity index (χ2v) is 5.83. The Hall–Kier alpha value is -2.75. The fourth-order valence-electron chi connectivity index (χ4n) is 2.92. The number of ether oxygens (including phenoxy) is 1. The largest absolute Gasteiger partial charge is 0.497 e. The van der Waals surface area contributed by atoms with E-state index in [9.17, 15) is 4.79 Å². The van der Waals surface area contributed by atoms with Gasteiger partial charge >= 0.3 is 0 Å². The lowest BCUT2D eigenvalue weighted by atomic mass is 10.1. The molecule has 0 aliphatic rings. The van der Waals surface area contributed by atoms with Crippen LogP contribution in [0.15, 0.2) is 40.8 Å². The molecule has 0 radical (unpaired) electrons. The van der Waals surface area contributed by atoms with E-state index >= 15 is 0 Å². The summed E-state index contributed by atoms with van der Waals surface area (Å²) in [4.78, 5) is 12.7. The highest BCUT2D eigenvalue weighted by molar-refractivity contribution is 6.07. The number of nitrogens with one attached hydrogen (secondary N) is 1. The van der Waals surface area contributed by atoms with Gasteiger partial charge in [0.05, 0.1) is 7.11 Å². The zero-order chi connectivity index (χ0) is 17.3.